The van der Waals surface area contributed by atoms with Crippen molar-refractivity contribution in [1.29, 1.82) is 0 Å². The molecule has 0 saturated heterocycles. The van der Waals surface area contributed by atoms with Crippen molar-refractivity contribution in [2.24, 2.45) is 11.1 Å². The van der Waals surface area contributed by atoms with Gasteiger partial charge < -0.3 is 15.8 Å². The van der Waals surface area contributed by atoms with Crippen molar-refractivity contribution >= 4 is 18.3 Å². The van der Waals surface area contributed by atoms with Gasteiger partial charge in [0.25, 0.3) is 0 Å². The molecule has 23 heavy (non-hydrogen) atoms. The van der Waals surface area contributed by atoms with E-state index in [9.17, 15) is 4.79 Å². The summed E-state index contributed by atoms with van der Waals surface area (Å²) in [6.07, 6.45) is 5.78. The molecule has 3 N–H and O–H groups in total. The Morgan fingerprint density at radius 2 is 1.91 bits per heavy atom. The first-order valence-corrected chi connectivity index (χ1v) is 8.12. The molecule has 0 heterocycles. The van der Waals surface area contributed by atoms with Gasteiger partial charge in [0, 0.05) is 20.3 Å². The zero-order chi connectivity index (χ0) is 16.1. The van der Waals surface area contributed by atoms with Gasteiger partial charge in [0.1, 0.15) is 5.54 Å². The number of nitrogens with two attached hydrogens (primary N) is 1. The van der Waals surface area contributed by atoms with Crippen LogP contribution in [-0.2, 0) is 15.1 Å². The third kappa shape index (κ3) is 4.93. The molecule has 0 aromatic heterocycles. The molecule has 1 amide bonds. The van der Waals surface area contributed by atoms with Crippen molar-refractivity contribution in [1.82, 2.24) is 5.32 Å². The van der Waals surface area contributed by atoms with Crippen LogP contribution in [0.3, 0.4) is 0 Å². The molecule has 1 aliphatic carbocycles. The van der Waals surface area contributed by atoms with E-state index in [0.29, 0.717) is 6.54 Å². The number of carbonyl (C=O) groups excluding carboxylic acids is 1. The lowest BCUT2D eigenvalue weighted by Crippen LogP contribution is -2.51. The number of halogens is 1. The van der Waals surface area contributed by atoms with Gasteiger partial charge in [-0.15, -0.1) is 12.4 Å². The van der Waals surface area contributed by atoms with Crippen LogP contribution in [0.4, 0.5) is 0 Å². The smallest absolute Gasteiger partial charge is 0.244 e. The first-order chi connectivity index (χ1) is 10.5. The summed E-state index contributed by atoms with van der Waals surface area (Å²) in [6, 6.07) is 9.54. The van der Waals surface area contributed by atoms with Crippen molar-refractivity contribution in [3.05, 3.63) is 35.9 Å². The van der Waals surface area contributed by atoms with Crippen molar-refractivity contribution < 1.29 is 9.53 Å². The van der Waals surface area contributed by atoms with Crippen molar-refractivity contribution in [2.45, 2.75) is 44.6 Å². The molecular formula is C18H29ClN2O2. The topological polar surface area (TPSA) is 64.3 Å². The van der Waals surface area contributed by atoms with Crippen LogP contribution in [-0.4, -0.2) is 26.2 Å². The number of methoxy groups -OCH3 is 1. The maximum absolute atomic E-state index is 12.6. The van der Waals surface area contributed by atoms with Gasteiger partial charge in [-0.1, -0.05) is 43.2 Å². The number of nitrogens with one attached hydrogen (secondary N) is 1. The Morgan fingerprint density at radius 3 is 2.48 bits per heavy atom. The normalized spacial score (nSPS) is 18.7. The maximum atomic E-state index is 12.6. The minimum Gasteiger partial charge on any atom is -0.385 e. The minimum absolute atomic E-state index is 0. The maximum Gasteiger partial charge on any atom is 0.244 e. The fraction of sp³-hybridized carbons (Fsp3) is 0.611. The second-order valence-corrected chi connectivity index (χ2v) is 6.70. The minimum atomic E-state index is -0.998. The van der Waals surface area contributed by atoms with Crippen LogP contribution in [0.25, 0.3) is 0 Å². The molecule has 1 saturated carbocycles. The molecule has 1 aromatic carbocycles. The highest BCUT2D eigenvalue weighted by Gasteiger charge is 2.36. The monoisotopic (exact) mass is 340 g/mol. The highest BCUT2D eigenvalue weighted by molar-refractivity contribution is 5.87. The van der Waals surface area contributed by atoms with Crippen LogP contribution in [0.5, 0.6) is 0 Å². The number of amides is 1. The third-order valence-corrected chi connectivity index (χ3v) is 4.97. The number of rotatable bonds is 7. The van der Waals surface area contributed by atoms with Crippen molar-refractivity contribution in [3.8, 4) is 0 Å². The number of hydrogen-bond donors (Lipinski definition) is 2. The number of carbonyl (C=O) groups is 1. The predicted molar refractivity (Wildman–Crippen MR) is 95.6 cm³/mol. The van der Waals surface area contributed by atoms with Gasteiger partial charge in [0.2, 0.25) is 5.91 Å². The molecule has 4 nitrogen and oxygen atoms in total. The highest BCUT2D eigenvalue weighted by Crippen LogP contribution is 2.40. The Hall–Kier alpha value is -1.10. The lowest BCUT2D eigenvalue weighted by Gasteiger charge is -2.31. The summed E-state index contributed by atoms with van der Waals surface area (Å²) in [6.45, 7) is 3.21. The molecule has 130 valence electrons. The van der Waals surface area contributed by atoms with Crippen LogP contribution < -0.4 is 11.1 Å². The van der Waals surface area contributed by atoms with Crippen LogP contribution >= 0.6 is 12.4 Å². The third-order valence-electron chi connectivity index (χ3n) is 4.97. The summed E-state index contributed by atoms with van der Waals surface area (Å²) in [7, 11) is 1.73. The number of hydrogen-bond acceptors (Lipinski definition) is 3. The molecule has 2 rings (SSSR count). The van der Waals surface area contributed by atoms with Gasteiger partial charge in [-0.25, -0.2) is 0 Å². The molecule has 0 aliphatic heterocycles. The summed E-state index contributed by atoms with van der Waals surface area (Å²) in [4.78, 5) is 12.6. The van der Waals surface area contributed by atoms with E-state index >= 15 is 0 Å². The highest BCUT2D eigenvalue weighted by atomic mass is 35.5. The van der Waals surface area contributed by atoms with E-state index in [0.717, 1.165) is 31.4 Å². The van der Waals surface area contributed by atoms with Gasteiger partial charge in [0.15, 0.2) is 0 Å². The van der Waals surface area contributed by atoms with E-state index in [1.54, 1.807) is 14.0 Å². The Bertz CT molecular complexity index is 485. The van der Waals surface area contributed by atoms with E-state index in [-0.39, 0.29) is 23.7 Å². The second-order valence-electron chi connectivity index (χ2n) is 6.70. The SMILES string of the molecule is COCCC1(CNC(=O)C(C)(N)c2ccccc2)CCCC1.Cl. The molecule has 0 bridgehead atoms. The first kappa shape index (κ1) is 19.9. The molecule has 0 spiro atoms. The Morgan fingerprint density at radius 1 is 1.30 bits per heavy atom. The fourth-order valence-electron chi connectivity index (χ4n) is 3.33. The average Bonchev–Trinajstić information content (AvgIpc) is 3.00. The molecule has 1 fully saturated rings. The molecular weight excluding hydrogens is 312 g/mol. The Labute approximate surface area is 145 Å². The zero-order valence-corrected chi connectivity index (χ0v) is 15.0. The summed E-state index contributed by atoms with van der Waals surface area (Å²) < 4.78 is 5.23. The summed E-state index contributed by atoms with van der Waals surface area (Å²) in [5.74, 6) is -0.109. The summed E-state index contributed by atoms with van der Waals surface area (Å²) in [5, 5.41) is 3.09. The van der Waals surface area contributed by atoms with Gasteiger partial charge >= 0.3 is 0 Å². The number of ether oxygens (including phenoxy) is 1. The standard InChI is InChI=1S/C18H28N2O2.ClH/c1-17(19,15-8-4-3-5-9-15)16(21)20-14-18(12-13-22-2)10-6-7-11-18;/h3-5,8-9H,6-7,10-14,19H2,1-2H3,(H,20,21);1H. The van der Waals surface area contributed by atoms with E-state index < -0.39 is 5.54 Å². The van der Waals surface area contributed by atoms with Crippen LogP contribution in [0, 0.1) is 5.41 Å². The molecule has 0 radical (unpaired) electrons. The van der Waals surface area contributed by atoms with Crippen LogP contribution in [0.1, 0.15) is 44.6 Å². The van der Waals surface area contributed by atoms with E-state index in [4.69, 9.17) is 10.5 Å². The van der Waals surface area contributed by atoms with E-state index in [2.05, 4.69) is 5.32 Å². The average molecular weight is 341 g/mol. The second kappa shape index (κ2) is 8.67. The molecule has 1 aliphatic rings. The van der Waals surface area contributed by atoms with Crippen LogP contribution in [0.15, 0.2) is 30.3 Å². The van der Waals surface area contributed by atoms with E-state index in [1.165, 1.54) is 12.8 Å². The summed E-state index contributed by atoms with van der Waals surface area (Å²) in [5.41, 5.74) is 6.29. The fourth-order valence-corrected chi connectivity index (χ4v) is 3.33. The van der Waals surface area contributed by atoms with Gasteiger partial charge in [-0.3, -0.25) is 4.79 Å². The van der Waals surface area contributed by atoms with Crippen molar-refractivity contribution in [2.75, 3.05) is 20.3 Å². The quantitative estimate of drug-likeness (QED) is 0.802. The molecule has 1 atom stereocenters. The van der Waals surface area contributed by atoms with E-state index in [1.807, 2.05) is 30.3 Å². The van der Waals surface area contributed by atoms with Gasteiger partial charge in [-0.2, -0.15) is 0 Å². The largest absolute Gasteiger partial charge is 0.385 e. The lowest BCUT2D eigenvalue weighted by atomic mass is 9.82. The summed E-state index contributed by atoms with van der Waals surface area (Å²) >= 11 is 0. The van der Waals surface area contributed by atoms with Gasteiger partial charge in [-0.05, 0) is 37.2 Å². The van der Waals surface area contributed by atoms with Crippen LogP contribution in [0.2, 0.25) is 0 Å². The molecule has 1 aromatic rings. The number of benzene rings is 1. The Balaban J connectivity index is 0.00000264. The lowest BCUT2D eigenvalue weighted by molar-refractivity contribution is -0.126. The first-order valence-electron chi connectivity index (χ1n) is 8.12. The molecule has 5 heteroatoms. The predicted octanol–water partition coefficient (Wildman–Crippen LogP) is 3.00. The van der Waals surface area contributed by atoms with Gasteiger partial charge in [0.05, 0.1) is 0 Å². The Kier molecular flexibility index (Phi) is 7.52. The van der Waals surface area contributed by atoms with Crippen molar-refractivity contribution in [3.63, 3.8) is 0 Å². The molecule has 1 unspecified atom stereocenters. The zero-order valence-electron chi connectivity index (χ0n) is 14.1.